The number of carboxylic acid groups (broad SMARTS) is 1. The fourth-order valence-corrected chi connectivity index (χ4v) is 2.74. The molecule has 1 amide bonds. The molecule has 0 aromatic heterocycles. The Morgan fingerprint density at radius 1 is 1.32 bits per heavy atom. The summed E-state index contributed by atoms with van der Waals surface area (Å²) in [5.74, 6) is -1.12. The van der Waals surface area contributed by atoms with Gasteiger partial charge in [0.05, 0.1) is 12.5 Å². The molecule has 0 saturated carbocycles. The zero-order chi connectivity index (χ0) is 15.2. The lowest BCUT2D eigenvalue weighted by Crippen LogP contribution is -2.48. The van der Waals surface area contributed by atoms with Gasteiger partial charge < -0.3 is 9.84 Å². The minimum Gasteiger partial charge on any atom is -0.481 e. The number of nitrogens with one attached hydrogen (secondary N) is 1. The Kier molecular flexibility index (Phi) is 6.77. The largest absolute Gasteiger partial charge is 0.481 e. The summed E-state index contributed by atoms with van der Waals surface area (Å²) in [5, 5.41) is 8.66. The molecule has 0 aliphatic rings. The Morgan fingerprint density at radius 2 is 1.84 bits per heavy atom. The molecule has 0 aromatic rings. The number of carboxylic acids is 1. The quantitative estimate of drug-likeness (QED) is 0.709. The molecule has 0 spiro atoms. The molecule has 1 unspecified atom stereocenters. The zero-order valence-electron chi connectivity index (χ0n) is 11.4. The number of carbonyl (C=O) groups is 2. The van der Waals surface area contributed by atoms with Crippen LogP contribution < -0.4 is 4.72 Å². The molecular weight excluding hydrogens is 276 g/mol. The van der Waals surface area contributed by atoms with Gasteiger partial charge in [-0.3, -0.25) is 4.79 Å². The molecule has 0 aliphatic heterocycles. The van der Waals surface area contributed by atoms with Gasteiger partial charge in [-0.25, -0.2) is 9.52 Å². The first-order chi connectivity index (χ1) is 8.60. The number of hydrogen-bond donors (Lipinski definition) is 2. The van der Waals surface area contributed by atoms with Crippen molar-refractivity contribution in [3.05, 3.63) is 0 Å². The molecule has 0 fully saturated rings. The Morgan fingerprint density at radius 3 is 2.21 bits per heavy atom. The van der Waals surface area contributed by atoms with Crippen molar-refractivity contribution in [1.29, 1.82) is 0 Å². The molecule has 19 heavy (non-hydrogen) atoms. The first kappa shape index (κ1) is 17.6. The summed E-state index contributed by atoms with van der Waals surface area (Å²) >= 11 is 0. The van der Waals surface area contributed by atoms with Crippen LogP contribution in [0, 0.1) is 0 Å². The second-order valence-electron chi connectivity index (χ2n) is 4.21. The summed E-state index contributed by atoms with van der Waals surface area (Å²) in [6.07, 6.45) is -1.90. The molecule has 0 radical (unpaired) electrons. The molecule has 1 atom stereocenters. The normalized spacial score (nSPS) is 13.4. The van der Waals surface area contributed by atoms with E-state index in [0.29, 0.717) is 0 Å². The number of ether oxygens (including phenoxy) is 1. The molecular formula is C10H20N2O6S. The maximum absolute atomic E-state index is 11.9. The number of aliphatic carboxylic acids is 1. The third-order valence-electron chi connectivity index (χ3n) is 2.14. The van der Waals surface area contributed by atoms with Crippen molar-refractivity contribution < 1.29 is 27.9 Å². The van der Waals surface area contributed by atoms with E-state index in [9.17, 15) is 18.0 Å². The van der Waals surface area contributed by atoms with E-state index in [1.807, 2.05) is 0 Å². The first-order valence-electron chi connectivity index (χ1n) is 5.82. The highest BCUT2D eigenvalue weighted by Crippen LogP contribution is 2.09. The maximum Gasteiger partial charge on any atom is 0.422 e. The number of nitrogens with zero attached hydrogens (tertiary/aromatic N) is 1. The molecule has 9 heteroatoms. The highest BCUT2D eigenvalue weighted by molar-refractivity contribution is 7.87. The van der Waals surface area contributed by atoms with E-state index >= 15 is 0 Å². The summed E-state index contributed by atoms with van der Waals surface area (Å²) in [4.78, 5) is 21.9. The third-order valence-corrected chi connectivity index (χ3v) is 3.80. The Balaban J connectivity index is 4.84. The lowest BCUT2D eigenvalue weighted by molar-refractivity contribution is -0.137. The van der Waals surface area contributed by atoms with Crippen LogP contribution in [-0.2, 0) is 19.7 Å². The summed E-state index contributed by atoms with van der Waals surface area (Å²) < 4.78 is 31.1. The predicted octanol–water partition coefficient (Wildman–Crippen LogP) is 0.551. The fourth-order valence-electron chi connectivity index (χ4n) is 1.48. The number of amides is 1. The monoisotopic (exact) mass is 296 g/mol. The number of rotatable bonds is 7. The van der Waals surface area contributed by atoms with Crippen molar-refractivity contribution >= 4 is 22.3 Å². The van der Waals surface area contributed by atoms with Crippen molar-refractivity contribution in [2.45, 2.75) is 46.3 Å². The van der Waals surface area contributed by atoms with Crippen LogP contribution >= 0.6 is 0 Å². The average molecular weight is 296 g/mol. The van der Waals surface area contributed by atoms with Crippen molar-refractivity contribution in [3.63, 3.8) is 0 Å². The van der Waals surface area contributed by atoms with Gasteiger partial charge in [-0.05, 0) is 20.8 Å². The molecule has 0 aliphatic carbocycles. The standard InChI is InChI=1S/C10H20N2O6S/c1-5-12(8(4)6-9(13)14)19(16,17)11-10(15)18-7(2)3/h7-8H,5-6H2,1-4H3,(H,11,15)(H,13,14). The fraction of sp³-hybridized carbons (Fsp3) is 0.800. The first-order valence-corrected chi connectivity index (χ1v) is 7.26. The van der Waals surface area contributed by atoms with Crippen molar-refractivity contribution in [3.8, 4) is 0 Å². The van der Waals surface area contributed by atoms with Crippen LogP contribution in [0.15, 0.2) is 0 Å². The van der Waals surface area contributed by atoms with Gasteiger partial charge in [-0.2, -0.15) is 12.7 Å². The van der Waals surface area contributed by atoms with Gasteiger partial charge in [0.1, 0.15) is 0 Å². The van der Waals surface area contributed by atoms with E-state index in [-0.39, 0.29) is 13.0 Å². The van der Waals surface area contributed by atoms with Crippen LogP contribution in [0.3, 0.4) is 0 Å². The summed E-state index contributed by atoms with van der Waals surface area (Å²) in [6, 6.07) is -0.771. The summed E-state index contributed by atoms with van der Waals surface area (Å²) in [5.41, 5.74) is 0. The van der Waals surface area contributed by atoms with E-state index < -0.39 is 34.4 Å². The minimum absolute atomic E-state index is 0.0404. The van der Waals surface area contributed by atoms with Crippen LogP contribution in [0.25, 0.3) is 0 Å². The van der Waals surface area contributed by atoms with Crippen LogP contribution in [-0.4, -0.2) is 48.6 Å². The Labute approximate surface area is 112 Å². The number of carbonyl (C=O) groups excluding carboxylic acids is 1. The molecule has 0 heterocycles. The molecule has 112 valence electrons. The minimum atomic E-state index is -4.12. The Hall–Kier alpha value is -1.35. The van der Waals surface area contributed by atoms with Crippen LogP contribution in [0.5, 0.6) is 0 Å². The van der Waals surface area contributed by atoms with Crippen LogP contribution in [0.4, 0.5) is 4.79 Å². The highest BCUT2D eigenvalue weighted by atomic mass is 32.2. The smallest absolute Gasteiger partial charge is 0.422 e. The van der Waals surface area contributed by atoms with Gasteiger partial charge >= 0.3 is 22.3 Å². The SMILES string of the molecule is CCN(C(C)CC(=O)O)S(=O)(=O)NC(=O)OC(C)C. The molecule has 0 bridgehead atoms. The van der Waals surface area contributed by atoms with E-state index in [0.717, 1.165) is 4.31 Å². The average Bonchev–Trinajstić information content (AvgIpc) is 2.13. The van der Waals surface area contributed by atoms with E-state index in [1.54, 1.807) is 25.5 Å². The van der Waals surface area contributed by atoms with Gasteiger partial charge in [0.25, 0.3) is 0 Å². The van der Waals surface area contributed by atoms with E-state index in [1.165, 1.54) is 6.92 Å². The third kappa shape index (κ3) is 6.39. The molecule has 0 saturated heterocycles. The van der Waals surface area contributed by atoms with E-state index in [4.69, 9.17) is 5.11 Å². The van der Waals surface area contributed by atoms with E-state index in [2.05, 4.69) is 4.74 Å². The lowest BCUT2D eigenvalue weighted by atomic mass is 10.2. The van der Waals surface area contributed by atoms with Gasteiger partial charge in [-0.1, -0.05) is 6.92 Å². The van der Waals surface area contributed by atoms with Crippen molar-refractivity contribution in [2.24, 2.45) is 0 Å². The van der Waals surface area contributed by atoms with Gasteiger partial charge in [-0.15, -0.1) is 0 Å². The van der Waals surface area contributed by atoms with Gasteiger partial charge in [0.15, 0.2) is 0 Å². The Bertz CT molecular complexity index is 420. The molecule has 8 nitrogen and oxygen atoms in total. The second-order valence-corrected chi connectivity index (χ2v) is 5.83. The van der Waals surface area contributed by atoms with Crippen molar-refractivity contribution in [2.75, 3.05) is 6.54 Å². The second kappa shape index (κ2) is 7.29. The number of hydrogen-bond acceptors (Lipinski definition) is 5. The molecule has 2 N–H and O–H groups in total. The summed E-state index contributed by atoms with van der Waals surface area (Å²) in [6.45, 7) is 6.20. The summed E-state index contributed by atoms with van der Waals surface area (Å²) in [7, 11) is -4.12. The topological polar surface area (TPSA) is 113 Å². The van der Waals surface area contributed by atoms with Crippen LogP contribution in [0.1, 0.15) is 34.1 Å². The molecule has 0 aromatic carbocycles. The predicted molar refractivity (Wildman–Crippen MR) is 67.8 cm³/mol. The van der Waals surface area contributed by atoms with Gasteiger partial charge in [0.2, 0.25) is 0 Å². The lowest BCUT2D eigenvalue weighted by Gasteiger charge is -2.25. The maximum atomic E-state index is 11.9. The van der Waals surface area contributed by atoms with Crippen molar-refractivity contribution in [1.82, 2.24) is 9.03 Å². The van der Waals surface area contributed by atoms with Gasteiger partial charge in [0, 0.05) is 12.6 Å². The molecule has 0 rings (SSSR count). The zero-order valence-corrected chi connectivity index (χ0v) is 12.2. The van der Waals surface area contributed by atoms with Crippen LogP contribution in [0.2, 0.25) is 0 Å². The highest BCUT2D eigenvalue weighted by Gasteiger charge is 2.29.